The van der Waals surface area contributed by atoms with Crippen molar-refractivity contribution >= 4 is 11.0 Å². The van der Waals surface area contributed by atoms with Crippen LogP contribution in [0.2, 0.25) is 0 Å². The van der Waals surface area contributed by atoms with Gasteiger partial charge in [0.1, 0.15) is 65.4 Å². The van der Waals surface area contributed by atoms with Crippen LogP contribution in [-0.4, -0.2) is 128 Å². The molecule has 3 heterocycles. The summed E-state index contributed by atoms with van der Waals surface area (Å²) in [4.78, 5) is 12.9. The van der Waals surface area contributed by atoms with Crippen LogP contribution in [0, 0.1) is 0 Å². The summed E-state index contributed by atoms with van der Waals surface area (Å²) in [7, 11) is 1.48. The van der Waals surface area contributed by atoms with Crippen molar-refractivity contribution in [1.29, 1.82) is 0 Å². The molecule has 16 heteroatoms. The van der Waals surface area contributed by atoms with E-state index in [-0.39, 0.29) is 11.1 Å². The Kier molecular flexibility index (Phi) is 9.28. The lowest BCUT2D eigenvalue weighted by Crippen LogP contribution is -2.65. The van der Waals surface area contributed by atoms with E-state index < -0.39 is 103 Å². The molecule has 0 amide bonds. The lowest BCUT2D eigenvalue weighted by Gasteiger charge is -2.45. The molecule has 44 heavy (non-hydrogen) atoms. The number of hydrogen-bond acceptors (Lipinski definition) is 16. The average molecular weight is 625 g/mol. The second-order valence-corrected chi connectivity index (χ2v) is 10.3. The summed E-state index contributed by atoms with van der Waals surface area (Å²) in [6.07, 6.45) is -17.3. The maximum Gasteiger partial charge on any atom is 0.229 e. The Hall–Kier alpha value is -3.55. The number of phenolic OH excluding ortho intramolecular Hbond substituents is 2. The molecule has 2 fully saturated rings. The summed E-state index contributed by atoms with van der Waals surface area (Å²) >= 11 is 0. The van der Waals surface area contributed by atoms with Crippen molar-refractivity contribution in [2.75, 3.05) is 20.3 Å². The molecule has 3 aromatic rings. The van der Waals surface area contributed by atoms with Gasteiger partial charge in [-0.1, -0.05) is 0 Å². The number of phenols is 2. The molecule has 5 rings (SSSR count). The molecule has 16 nitrogen and oxygen atoms in total. The monoisotopic (exact) mass is 624 g/mol. The molecule has 0 aliphatic carbocycles. The minimum atomic E-state index is -1.91. The van der Waals surface area contributed by atoms with Gasteiger partial charge in [-0.05, 0) is 24.3 Å². The molecule has 0 radical (unpaired) electrons. The Morgan fingerprint density at radius 2 is 1.41 bits per heavy atom. The molecule has 2 aromatic carbocycles. The van der Waals surface area contributed by atoms with Gasteiger partial charge in [0.2, 0.25) is 12.0 Å². The van der Waals surface area contributed by atoms with Gasteiger partial charge in [0.25, 0.3) is 0 Å². The van der Waals surface area contributed by atoms with Gasteiger partial charge in [-0.3, -0.25) is 4.79 Å². The first kappa shape index (κ1) is 31.9. The second kappa shape index (κ2) is 12.8. The van der Waals surface area contributed by atoms with Gasteiger partial charge >= 0.3 is 0 Å². The van der Waals surface area contributed by atoms with Gasteiger partial charge in [0.05, 0.1) is 20.3 Å². The molecular weight excluding hydrogens is 592 g/mol. The highest BCUT2D eigenvalue weighted by Gasteiger charge is 2.51. The maximum absolute atomic E-state index is 12.9. The molecule has 2 aliphatic rings. The Labute approximate surface area is 248 Å². The standard InChI is InChI=1S/C28H32O16/c1-39-11-4-2-10(3-5-11)14-6-12(31)18-13(32)7-15(21(35)25(18)40-14)41-28-26(23(37)20(34)17(9-30)43-28)44-27-24(38)22(36)19(33)16(8-29)42-27/h2-7,16-17,19-20,22-24,26-30,32-38H,8-9H2,1H3/t16-,17-,19-,20-,22-,23+,24-,26-,27-,28-/m1/s1. The minimum absolute atomic E-state index is 0.0219. The number of aliphatic hydroxyl groups excluding tert-OH is 7. The summed E-state index contributed by atoms with van der Waals surface area (Å²) < 4.78 is 33.1. The van der Waals surface area contributed by atoms with E-state index in [9.17, 15) is 50.8 Å². The third-order valence-corrected chi connectivity index (χ3v) is 7.50. The lowest BCUT2D eigenvalue weighted by molar-refractivity contribution is -0.358. The van der Waals surface area contributed by atoms with Crippen LogP contribution < -0.4 is 14.9 Å². The van der Waals surface area contributed by atoms with Crippen LogP contribution in [-0.2, 0) is 14.2 Å². The van der Waals surface area contributed by atoms with Crippen molar-refractivity contribution in [2.45, 2.75) is 61.4 Å². The molecule has 0 spiro atoms. The van der Waals surface area contributed by atoms with Gasteiger partial charge in [0.15, 0.2) is 29.2 Å². The van der Waals surface area contributed by atoms with Crippen molar-refractivity contribution in [3.63, 3.8) is 0 Å². The Bertz CT molecular complexity index is 1510. The van der Waals surface area contributed by atoms with Crippen molar-refractivity contribution in [3.05, 3.63) is 46.6 Å². The summed E-state index contributed by atoms with van der Waals surface area (Å²) in [5.41, 5.74) is -0.741. The van der Waals surface area contributed by atoms with E-state index in [4.69, 9.17) is 28.1 Å². The van der Waals surface area contributed by atoms with Crippen LogP contribution in [0.3, 0.4) is 0 Å². The third kappa shape index (κ3) is 5.80. The summed E-state index contributed by atoms with van der Waals surface area (Å²) in [5, 5.41) is 92.5. The highest BCUT2D eigenvalue weighted by molar-refractivity contribution is 5.91. The molecule has 240 valence electrons. The molecule has 0 saturated carbocycles. The zero-order valence-electron chi connectivity index (χ0n) is 23.0. The van der Waals surface area contributed by atoms with Crippen LogP contribution in [0.15, 0.2) is 45.6 Å². The number of aliphatic hydroxyl groups is 7. The van der Waals surface area contributed by atoms with E-state index in [2.05, 4.69) is 0 Å². The zero-order chi connectivity index (χ0) is 31.9. The van der Waals surface area contributed by atoms with E-state index in [1.165, 1.54) is 7.11 Å². The Morgan fingerprint density at radius 1 is 0.795 bits per heavy atom. The van der Waals surface area contributed by atoms with Gasteiger partial charge in [-0.2, -0.15) is 0 Å². The van der Waals surface area contributed by atoms with Crippen molar-refractivity contribution in [1.82, 2.24) is 0 Å². The highest BCUT2D eigenvalue weighted by Crippen LogP contribution is 2.42. The number of rotatable bonds is 8. The van der Waals surface area contributed by atoms with Crippen LogP contribution in [0.4, 0.5) is 0 Å². The highest BCUT2D eigenvalue weighted by atomic mass is 16.8. The number of hydrogen-bond donors (Lipinski definition) is 9. The molecule has 9 N–H and O–H groups in total. The van der Waals surface area contributed by atoms with Crippen LogP contribution >= 0.6 is 0 Å². The quantitative estimate of drug-likeness (QED) is 0.121. The Morgan fingerprint density at radius 3 is 2.02 bits per heavy atom. The van der Waals surface area contributed by atoms with Crippen LogP contribution in [0.5, 0.6) is 23.0 Å². The lowest BCUT2D eigenvalue weighted by atomic mass is 9.97. The number of benzene rings is 2. The zero-order valence-corrected chi connectivity index (χ0v) is 23.0. The SMILES string of the molecule is COc1ccc(-c2cc(=O)c3c(O)cc(O[C@@H]4O[C@H](CO)[C@@H](O)[C@H](O)[C@H]4O[C@H]4O[C@H](CO)[C@@H](O)[C@@H](O)[C@H]4O)c(O)c3o2)cc1. The van der Waals surface area contributed by atoms with Gasteiger partial charge < -0.3 is 74.1 Å². The van der Waals surface area contributed by atoms with E-state index in [0.717, 1.165) is 12.1 Å². The predicted octanol–water partition coefficient (Wildman–Crippen LogP) is -2.12. The van der Waals surface area contributed by atoms with Gasteiger partial charge in [0, 0.05) is 17.7 Å². The van der Waals surface area contributed by atoms with E-state index >= 15 is 0 Å². The Balaban J connectivity index is 1.51. The number of ether oxygens (including phenoxy) is 5. The fraction of sp³-hybridized carbons (Fsp3) is 0.464. The summed E-state index contributed by atoms with van der Waals surface area (Å²) in [6, 6.07) is 8.40. The number of aromatic hydroxyl groups is 2. The van der Waals surface area contributed by atoms with E-state index in [1.807, 2.05) is 0 Å². The molecule has 2 aliphatic heterocycles. The number of fused-ring (bicyclic) bond motifs is 1. The molecule has 0 unspecified atom stereocenters. The maximum atomic E-state index is 12.9. The first-order valence-electron chi connectivity index (χ1n) is 13.4. The molecule has 1 aromatic heterocycles. The number of methoxy groups -OCH3 is 1. The fourth-order valence-corrected chi connectivity index (χ4v) is 5.02. The normalized spacial score (nSPS) is 32.5. The molecule has 10 atom stereocenters. The van der Waals surface area contributed by atoms with Crippen LogP contribution in [0.1, 0.15) is 0 Å². The fourth-order valence-electron chi connectivity index (χ4n) is 5.02. The van der Waals surface area contributed by atoms with E-state index in [1.54, 1.807) is 24.3 Å². The largest absolute Gasteiger partial charge is 0.507 e. The van der Waals surface area contributed by atoms with Crippen molar-refractivity contribution in [2.24, 2.45) is 0 Å². The first-order valence-corrected chi connectivity index (χ1v) is 13.4. The second-order valence-electron chi connectivity index (χ2n) is 10.3. The molecule has 2 saturated heterocycles. The van der Waals surface area contributed by atoms with E-state index in [0.29, 0.717) is 11.3 Å². The topological polar surface area (TPSA) is 258 Å². The average Bonchev–Trinajstić information content (AvgIpc) is 3.02. The van der Waals surface area contributed by atoms with Crippen LogP contribution in [0.25, 0.3) is 22.3 Å². The molecular formula is C28H32O16. The first-order chi connectivity index (χ1) is 21.0. The third-order valence-electron chi connectivity index (χ3n) is 7.50. The van der Waals surface area contributed by atoms with Crippen molar-refractivity contribution < 1.29 is 74.1 Å². The smallest absolute Gasteiger partial charge is 0.229 e. The summed E-state index contributed by atoms with van der Waals surface area (Å²) in [5.74, 6) is -1.42. The molecule has 0 bridgehead atoms. The van der Waals surface area contributed by atoms with Crippen molar-refractivity contribution in [3.8, 4) is 34.3 Å². The minimum Gasteiger partial charge on any atom is -0.507 e. The van der Waals surface area contributed by atoms with Gasteiger partial charge in [-0.15, -0.1) is 0 Å². The predicted molar refractivity (Wildman–Crippen MR) is 145 cm³/mol. The summed E-state index contributed by atoms with van der Waals surface area (Å²) in [6.45, 7) is -1.59. The van der Waals surface area contributed by atoms with Gasteiger partial charge in [-0.25, -0.2) is 0 Å².